The lowest BCUT2D eigenvalue weighted by atomic mass is 9.70. The van der Waals surface area contributed by atoms with E-state index < -0.39 is 0 Å². The van der Waals surface area contributed by atoms with Crippen LogP contribution in [0.15, 0.2) is 11.6 Å². The summed E-state index contributed by atoms with van der Waals surface area (Å²) in [6.45, 7) is 8.17. The molecule has 2 aliphatic rings. The minimum absolute atomic E-state index is 0.570. The summed E-state index contributed by atoms with van der Waals surface area (Å²) in [5.74, 6) is 0.825. The molecule has 1 saturated carbocycles. The van der Waals surface area contributed by atoms with Crippen molar-refractivity contribution < 1.29 is 0 Å². The molecule has 0 aromatic heterocycles. The molecule has 0 radical (unpaired) electrons. The molecule has 0 aliphatic heterocycles. The van der Waals surface area contributed by atoms with E-state index in [0.29, 0.717) is 11.5 Å². The summed E-state index contributed by atoms with van der Waals surface area (Å²) in [5.41, 5.74) is 2.31. The topological polar surface area (TPSA) is 12.0 Å². The molecule has 0 aromatic carbocycles. The molecule has 18 heavy (non-hydrogen) atoms. The first-order chi connectivity index (χ1) is 8.68. The van der Waals surface area contributed by atoms with E-state index in [1.165, 1.54) is 51.4 Å². The number of likely N-dealkylation sites (N-methyl/N-ethyl adjacent to an activating group) is 1. The predicted molar refractivity (Wildman–Crippen MR) is 79.8 cm³/mol. The molecular weight excluding hydrogens is 218 g/mol. The third-order valence-electron chi connectivity index (χ3n) is 4.88. The quantitative estimate of drug-likeness (QED) is 0.674. The molecule has 0 aromatic rings. The third-order valence-corrected chi connectivity index (χ3v) is 4.88. The van der Waals surface area contributed by atoms with Gasteiger partial charge in [-0.2, -0.15) is 0 Å². The van der Waals surface area contributed by atoms with Crippen molar-refractivity contribution in [2.75, 3.05) is 6.54 Å². The van der Waals surface area contributed by atoms with E-state index in [-0.39, 0.29) is 0 Å². The van der Waals surface area contributed by atoms with E-state index in [9.17, 15) is 0 Å². The molecule has 0 saturated heterocycles. The zero-order valence-corrected chi connectivity index (χ0v) is 12.6. The van der Waals surface area contributed by atoms with Crippen LogP contribution in [-0.4, -0.2) is 12.6 Å². The van der Waals surface area contributed by atoms with E-state index in [1.807, 2.05) is 0 Å². The summed E-state index contributed by atoms with van der Waals surface area (Å²) in [7, 11) is 0. The molecule has 1 N–H and O–H groups in total. The molecule has 1 fully saturated rings. The van der Waals surface area contributed by atoms with E-state index >= 15 is 0 Å². The Morgan fingerprint density at radius 3 is 2.44 bits per heavy atom. The second-order valence-corrected chi connectivity index (χ2v) is 6.83. The Kier molecular flexibility index (Phi) is 4.89. The lowest BCUT2D eigenvalue weighted by molar-refractivity contribution is 0.175. The molecule has 0 heterocycles. The van der Waals surface area contributed by atoms with Gasteiger partial charge in [0.15, 0.2) is 0 Å². The van der Waals surface area contributed by atoms with E-state index in [2.05, 4.69) is 32.2 Å². The van der Waals surface area contributed by atoms with Gasteiger partial charge in [0, 0.05) is 6.04 Å². The van der Waals surface area contributed by atoms with Gasteiger partial charge in [-0.05, 0) is 56.4 Å². The number of rotatable bonds is 6. The first-order valence-corrected chi connectivity index (χ1v) is 8.10. The van der Waals surface area contributed by atoms with Crippen molar-refractivity contribution in [1.29, 1.82) is 0 Å². The van der Waals surface area contributed by atoms with Crippen LogP contribution in [0.1, 0.15) is 72.1 Å². The molecule has 1 unspecified atom stereocenters. The number of allylic oxidation sites excluding steroid dienone is 1. The van der Waals surface area contributed by atoms with Gasteiger partial charge < -0.3 is 5.32 Å². The molecule has 2 rings (SSSR count). The average molecular weight is 249 g/mol. The highest BCUT2D eigenvalue weighted by Crippen LogP contribution is 2.49. The summed E-state index contributed by atoms with van der Waals surface area (Å²) in [6.07, 6.45) is 13.8. The molecule has 2 aliphatic carbocycles. The van der Waals surface area contributed by atoms with Crippen LogP contribution >= 0.6 is 0 Å². The number of hydrogen-bond acceptors (Lipinski definition) is 1. The Balaban J connectivity index is 2.19. The van der Waals surface area contributed by atoms with Gasteiger partial charge in [-0.3, -0.25) is 0 Å². The van der Waals surface area contributed by atoms with Crippen molar-refractivity contribution in [1.82, 2.24) is 5.32 Å². The van der Waals surface area contributed by atoms with Crippen LogP contribution in [0, 0.1) is 11.3 Å². The van der Waals surface area contributed by atoms with Gasteiger partial charge in [0.1, 0.15) is 0 Å². The van der Waals surface area contributed by atoms with Crippen LogP contribution in [0.4, 0.5) is 0 Å². The maximum atomic E-state index is 3.84. The van der Waals surface area contributed by atoms with Crippen LogP contribution in [0.3, 0.4) is 0 Å². The fourth-order valence-corrected chi connectivity index (χ4v) is 4.41. The average Bonchev–Trinajstić information content (AvgIpc) is 2.96. The fourth-order valence-electron chi connectivity index (χ4n) is 4.41. The number of hydrogen-bond donors (Lipinski definition) is 1. The minimum Gasteiger partial charge on any atom is -0.310 e. The Morgan fingerprint density at radius 1 is 1.22 bits per heavy atom. The summed E-state index contributed by atoms with van der Waals surface area (Å²) in [5, 5.41) is 3.84. The highest BCUT2D eigenvalue weighted by Gasteiger charge is 2.42. The zero-order valence-electron chi connectivity index (χ0n) is 12.6. The summed E-state index contributed by atoms with van der Waals surface area (Å²) in [4.78, 5) is 0. The highest BCUT2D eigenvalue weighted by molar-refractivity contribution is 5.20. The molecule has 1 atom stereocenters. The Hall–Kier alpha value is -0.300. The normalized spacial score (nSPS) is 24.6. The Labute approximate surface area is 113 Å². The van der Waals surface area contributed by atoms with Crippen molar-refractivity contribution in [3.05, 3.63) is 11.6 Å². The van der Waals surface area contributed by atoms with Gasteiger partial charge in [-0.1, -0.05) is 45.3 Å². The molecule has 1 heteroatoms. The van der Waals surface area contributed by atoms with Crippen molar-refractivity contribution in [2.45, 2.75) is 78.2 Å². The van der Waals surface area contributed by atoms with E-state index in [4.69, 9.17) is 0 Å². The first-order valence-electron chi connectivity index (χ1n) is 8.10. The SMILES string of the molecule is CCNC(C1=CCCC1)C1(CC(C)C)CCCC1. The van der Waals surface area contributed by atoms with Crippen LogP contribution in [0.5, 0.6) is 0 Å². The highest BCUT2D eigenvalue weighted by atomic mass is 14.9. The van der Waals surface area contributed by atoms with Crippen LogP contribution in [0.2, 0.25) is 0 Å². The van der Waals surface area contributed by atoms with Crippen molar-refractivity contribution >= 4 is 0 Å². The second kappa shape index (κ2) is 6.23. The molecule has 0 bridgehead atoms. The van der Waals surface area contributed by atoms with Crippen LogP contribution < -0.4 is 5.32 Å². The van der Waals surface area contributed by atoms with Gasteiger partial charge in [0.05, 0.1) is 0 Å². The summed E-state index contributed by atoms with van der Waals surface area (Å²) >= 11 is 0. The predicted octanol–water partition coefficient (Wildman–Crippen LogP) is 4.68. The molecule has 1 nitrogen and oxygen atoms in total. The van der Waals surface area contributed by atoms with Gasteiger partial charge in [-0.25, -0.2) is 0 Å². The van der Waals surface area contributed by atoms with E-state index in [0.717, 1.165) is 12.5 Å². The maximum Gasteiger partial charge on any atom is 0.0336 e. The minimum atomic E-state index is 0.570. The van der Waals surface area contributed by atoms with Gasteiger partial charge >= 0.3 is 0 Å². The molecule has 0 amide bonds. The smallest absolute Gasteiger partial charge is 0.0336 e. The fraction of sp³-hybridized carbons (Fsp3) is 0.882. The van der Waals surface area contributed by atoms with E-state index in [1.54, 1.807) is 5.57 Å². The summed E-state index contributed by atoms with van der Waals surface area (Å²) in [6, 6.07) is 0.676. The largest absolute Gasteiger partial charge is 0.310 e. The second-order valence-electron chi connectivity index (χ2n) is 6.83. The van der Waals surface area contributed by atoms with Crippen molar-refractivity contribution in [2.24, 2.45) is 11.3 Å². The van der Waals surface area contributed by atoms with Crippen LogP contribution in [0.25, 0.3) is 0 Å². The molecular formula is C17H31N. The lowest BCUT2D eigenvalue weighted by Crippen LogP contribution is -2.45. The first kappa shape index (κ1) is 14.1. The Morgan fingerprint density at radius 2 is 1.94 bits per heavy atom. The molecule has 0 spiro atoms. The monoisotopic (exact) mass is 249 g/mol. The van der Waals surface area contributed by atoms with Crippen molar-refractivity contribution in [3.8, 4) is 0 Å². The standard InChI is InChI=1S/C17H31N/c1-4-18-16(15-9-5-6-10-15)17(13-14(2)3)11-7-8-12-17/h9,14,16,18H,4-8,10-13H2,1-3H3. The summed E-state index contributed by atoms with van der Waals surface area (Å²) < 4.78 is 0. The zero-order chi connectivity index (χ0) is 13.0. The lowest BCUT2D eigenvalue weighted by Gasteiger charge is -2.41. The van der Waals surface area contributed by atoms with Gasteiger partial charge in [-0.15, -0.1) is 0 Å². The molecule has 104 valence electrons. The van der Waals surface area contributed by atoms with Gasteiger partial charge in [0.2, 0.25) is 0 Å². The Bertz CT molecular complexity index is 284. The maximum absolute atomic E-state index is 3.84. The third kappa shape index (κ3) is 2.99. The van der Waals surface area contributed by atoms with Gasteiger partial charge in [0.25, 0.3) is 0 Å². The number of nitrogens with one attached hydrogen (secondary N) is 1. The van der Waals surface area contributed by atoms with Crippen molar-refractivity contribution in [3.63, 3.8) is 0 Å². The van der Waals surface area contributed by atoms with Crippen LogP contribution in [-0.2, 0) is 0 Å².